The van der Waals surface area contributed by atoms with Crippen molar-refractivity contribution in [1.82, 2.24) is 24.3 Å². The molecule has 0 atom stereocenters. The molecule has 0 saturated heterocycles. The molecule has 0 unspecified atom stereocenters. The van der Waals surface area contributed by atoms with Gasteiger partial charge in [0.15, 0.2) is 0 Å². The number of imidazole rings is 1. The van der Waals surface area contributed by atoms with E-state index >= 15 is 0 Å². The summed E-state index contributed by atoms with van der Waals surface area (Å²) in [6, 6.07) is 77.4. The molecular formula is C62H61Au2BrClN6-. The number of pyridine rings is 2. The van der Waals surface area contributed by atoms with E-state index in [0.717, 1.165) is 71.2 Å². The number of halogens is 2. The van der Waals surface area contributed by atoms with E-state index in [1.165, 1.54) is 36.8 Å². The zero-order valence-electron chi connectivity index (χ0n) is 40.7. The van der Waals surface area contributed by atoms with Gasteiger partial charge in [0.2, 0.25) is 6.33 Å². The summed E-state index contributed by atoms with van der Waals surface area (Å²) in [7, 11) is 4.58. The Balaban J connectivity index is 0.000000204. The summed E-state index contributed by atoms with van der Waals surface area (Å²) in [6.45, 7) is 10.8. The van der Waals surface area contributed by atoms with Gasteiger partial charge in [-0.15, -0.1) is 161 Å². The van der Waals surface area contributed by atoms with Gasteiger partial charge in [-0.1, -0.05) is 124 Å². The van der Waals surface area contributed by atoms with E-state index in [4.69, 9.17) is 0 Å². The molecule has 1 aliphatic heterocycles. The largest absolute Gasteiger partial charge is 0.345 e. The molecule has 0 bridgehead atoms. The summed E-state index contributed by atoms with van der Waals surface area (Å²) in [5, 5.41) is 0. The Hall–Kier alpha value is -5.58. The molecular weight excluding hydrogens is 1340 g/mol. The van der Waals surface area contributed by atoms with Crippen molar-refractivity contribution in [2.24, 2.45) is 0 Å². The molecule has 0 saturated carbocycles. The summed E-state index contributed by atoms with van der Waals surface area (Å²) in [5.74, 6) is 0. The van der Waals surface area contributed by atoms with Gasteiger partial charge in [0.1, 0.15) is 18.9 Å². The van der Waals surface area contributed by atoms with Crippen LogP contribution in [0.25, 0.3) is 45.0 Å². The van der Waals surface area contributed by atoms with Crippen LogP contribution in [-0.2, 0) is 62.0 Å². The second kappa shape index (κ2) is 34.7. The van der Waals surface area contributed by atoms with Gasteiger partial charge in [0.05, 0.1) is 6.54 Å². The van der Waals surface area contributed by atoms with E-state index in [-0.39, 0.29) is 39.4 Å². The first kappa shape index (κ1) is 59.0. The van der Waals surface area contributed by atoms with Crippen molar-refractivity contribution in [1.29, 1.82) is 0 Å². The first-order chi connectivity index (χ1) is 34.6. The molecule has 6 nitrogen and oxygen atoms in total. The molecule has 10 rings (SSSR count). The predicted octanol–water partition coefficient (Wildman–Crippen LogP) is 15.1. The van der Waals surface area contributed by atoms with Crippen molar-refractivity contribution in [3.63, 3.8) is 0 Å². The average Bonchev–Trinajstić information content (AvgIpc) is 4.11. The number of aromatic nitrogens is 4. The molecule has 0 radical (unpaired) electrons. The van der Waals surface area contributed by atoms with Gasteiger partial charge in [0.25, 0.3) is 0 Å². The standard InChI is InChI=1S/2C17H11N.2C14H19N2.2Au.BrH.ClH/c2*1-3-8-14(9-4-1)16-12-7-13-17(18-16)15-10-5-2-6-11-15;2*1-2-3-9-15-10-11-16(13-15)12-14-7-5-4-6-8-14;;;;/h2*1-8,10,12-13H;2*4-8,10-11,13H,2-3,9,12H2,1H3;;;2*1H/q2*-2;-1;2*+1;+3;;/p-1. The van der Waals surface area contributed by atoms with E-state index in [1.807, 2.05) is 133 Å². The van der Waals surface area contributed by atoms with Gasteiger partial charge in [0, 0.05) is 6.54 Å². The monoisotopic (exact) mass is 1400 g/mol. The van der Waals surface area contributed by atoms with Crippen LogP contribution in [0.3, 0.4) is 0 Å². The number of hydrogen-bond donors (Lipinski definition) is 0. The van der Waals surface area contributed by atoms with Crippen LogP contribution < -0.4 is 4.57 Å². The summed E-state index contributed by atoms with van der Waals surface area (Å²) in [6.07, 6.45) is 15.8. The fraction of sp³-hybridized carbons (Fsp3) is 0.161. The Bertz CT molecular complexity index is 2580. The molecule has 376 valence electrons. The van der Waals surface area contributed by atoms with Gasteiger partial charge in [-0.2, -0.15) is 6.67 Å². The molecule has 1 aliphatic rings. The Morgan fingerprint density at radius 2 is 0.903 bits per heavy atom. The molecule has 0 fully saturated rings. The van der Waals surface area contributed by atoms with Crippen LogP contribution in [0.1, 0.15) is 50.7 Å². The maximum atomic E-state index is 4.65. The van der Waals surface area contributed by atoms with Crippen LogP contribution in [0.4, 0.5) is 0 Å². The van der Waals surface area contributed by atoms with Crippen molar-refractivity contribution >= 4 is 26.2 Å². The molecule has 72 heavy (non-hydrogen) atoms. The topological polar surface area (TPSA) is 41.1 Å². The minimum Gasteiger partial charge on any atom is -0.345 e. The van der Waals surface area contributed by atoms with E-state index in [2.05, 4.69) is 175 Å². The Kier molecular flexibility index (Phi) is 28.4. The first-order valence-corrected chi connectivity index (χ1v) is 26.4. The second-order valence-corrected chi connectivity index (χ2v) is 16.2. The predicted molar refractivity (Wildman–Crippen MR) is 294 cm³/mol. The van der Waals surface area contributed by atoms with Crippen molar-refractivity contribution in [3.05, 3.63) is 267 Å². The molecule has 0 amide bonds. The smallest absolute Gasteiger partial charge is 0.0227 e. The fourth-order valence-corrected chi connectivity index (χ4v) is 7.28. The SMILES string of the molecule is Br.CCCCN1C=CN(Cc2ccccc2)[CH-]1.CCCCn1cc[n+](Cc2ccccc2)c1.[Au+3].[Cl][Au].[c-]1ccccc1-c1cccc(-c2[c-]cccc2)n1.[c-]1ccccc1-c1cccc(-c2[c-]cccc2)n1. The van der Waals surface area contributed by atoms with Crippen LogP contribution in [0.2, 0.25) is 0 Å². The van der Waals surface area contributed by atoms with E-state index in [0.29, 0.717) is 0 Å². The zero-order chi connectivity index (χ0) is 48.9. The van der Waals surface area contributed by atoms with E-state index in [1.54, 1.807) is 20.0 Å². The third-order valence-corrected chi connectivity index (χ3v) is 10.9. The van der Waals surface area contributed by atoms with Crippen molar-refractivity contribution in [3.8, 4) is 45.0 Å². The fourth-order valence-electron chi connectivity index (χ4n) is 7.28. The summed E-state index contributed by atoms with van der Waals surface area (Å²) < 4.78 is 4.48. The van der Waals surface area contributed by atoms with Crippen molar-refractivity contribution in [2.45, 2.75) is 59.2 Å². The Morgan fingerprint density at radius 3 is 1.32 bits per heavy atom. The van der Waals surface area contributed by atoms with Gasteiger partial charge < -0.3 is 19.8 Å². The number of rotatable bonds is 14. The number of aryl methyl sites for hydroxylation is 1. The first-order valence-electron chi connectivity index (χ1n) is 23.7. The van der Waals surface area contributed by atoms with E-state index in [9.17, 15) is 0 Å². The van der Waals surface area contributed by atoms with Gasteiger partial charge in [-0.25, -0.2) is 9.13 Å². The third kappa shape index (κ3) is 20.5. The Labute approximate surface area is 471 Å². The maximum absolute atomic E-state index is 4.65. The molecule has 3 aromatic heterocycles. The number of nitrogens with zero attached hydrogens (tertiary/aromatic N) is 6. The van der Waals surface area contributed by atoms with Gasteiger partial charge >= 0.3 is 51.6 Å². The second-order valence-electron chi connectivity index (χ2n) is 16.2. The molecule has 0 N–H and O–H groups in total. The Morgan fingerprint density at radius 1 is 0.500 bits per heavy atom. The average molecular weight is 1400 g/mol. The van der Waals surface area contributed by atoms with Crippen molar-refractivity contribution in [2.75, 3.05) is 6.54 Å². The van der Waals surface area contributed by atoms with Crippen LogP contribution in [0.15, 0.2) is 225 Å². The molecule has 4 heterocycles. The molecule has 6 aromatic carbocycles. The number of unbranched alkanes of at least 4 members (excludes halogenated alkanes) is 2. The number of benzene rings is 6. The quantitative estimate of drug-likeness (QED) is 0.0618. The minimum absolute atomic E-state index is 0. The van der Waals surface area contributed by atoms with E-state index < -0.39 is 0 Å². The number of hydrogen-bond acceptors (Lipinski definition) is 4. The third-order valence-electron chi connectivity index (χ3n) is 10.9. The molecule has 0 spiro atoms. The zero-order valence-corrected chi connectivity index (χ0v) is 47.5. The van der Waals surface area contributed by atoms with Gasteiger partial charge in [-0.3, -0.25) is 0 Å². The summed E-state index contributed by atoms with van der Waals surface area (Å²) in [4.78, 5) is 13.8. The summed E-state index contributed by atoms with van der Waals surface area (Å²) in [5.41, 5.74) is 10.5. The molecule has 10 heteroatoms. The van der Waals surface area contributed by atoms with Crippen LogP contribution in [-0.4, -0.2) is 30.9 Å². The summed E-state index contributed by atoms with van der Waals surface area (Å²) >= 11 is 1.75. The van der Waals surface area contributed by atoms with Crippen LogP contribution in [0, 0.1) is 30.9 Å². The van der Waals surface area contributed by atoms with Crippen molar-refractivity contribution < 1.29 is 46.9 Å². The van der Waals surface area contributed by atoms with Gasteiger partial charge in [-0.05, 0) is 65.7 Å². The molecule has 9 aromatic rings. The maximum Gasteiger partial charge on any atom is -0.0227 e. The van der Waals surface area contributed by atoms with Crippen LogP contribution in [0.5, 0.6) is 0 Å². The normalized spacial score (nSPS) is 10.8. The minimum atomic E-state index is 0. The molecule has 0 aliphatic carbocycles. The van der Waals surface area contributed by atoms with Crippen LogP contribution >= 0.6 is 26.2 Å².